The maximum atomic E-state index is 12.8. The van der Waals surface area contributed by atoms with Gasteiger partial charge in [-0.3, -0.25) is 14.3 Å². The van der Waals surface area contributed by atoms with Gasteiger partial charge in [-0.1, -0.05) is 31.3 Å². The van der Waals surface area contributed by atoms with Crippen molar-refractivity contribution in [3.63, 3.8) is 0 Å². The Morgan fingerprint density at radius 1 is 1.21 bits per heavy atom. The highest BCUT2D eigenvalue weighted by Crippen LogP contribution is 2.24. The molecule has 1 aromatic carbocycles. The number of rotatable bonds is 5. The summed E-state index contributed by atoms with van der Waals surface area (Å²) in [5.41, 5.74) is 3.23. The van der Waals surface area contributed by atoms with E-state index in [-0.39, 0.29) is 12.6 Å². The molecule has 0 radical (unpaired) electrons. The fourth-order valence-corrected chi connectivity index (χ4v) is 4.22. The van der Waals surface area contributed by atoms with Crippen molar-refractivity contribution in [1.29, 1.82) is 0 Å². The molecule has 0 bridgehead atoms. The molecule has 154 valence electrons. The molecular formula is C21H26N4O3S. The number of carbonyl (C=O) groups excluding carboxylic acids is 2. The van der Waals surface area contributed by atoms with Gasteiger partial charge < -0.3 is 9.30 Å². The summed E-state index contributed by atoms with van der Waals surface area (Å²) in [6.45, 7) is 10.2. The zero-order valence-electron chi connectivity index (χ0n) is 17.6. The predicted octanol–water partition coefficient (Wildman–Crippen LogP) is 3.83. The van der Waals surface area contributed by atoms with E-state index in [1.165, 1.54) is 24.0 Å². The quantitative estimate of drug-likeness (QED) is 0.595. The Morgan fingerprint density at radius 3 is 2.52 bits per heavy atom. The fraction of sp³-hybridized carbons (Fsp3) is 0.429. The molecule has 8 heteroatoms. The first kappa shape index (κ1) is 21.0. The van der Waals surface area contributed by atoms with Crippen molar-refractivity contribution in [1.82, 2.24) is 14.3 Å². The third-order valence-electron chi connectivity index (χ3n) is 4.72. The van der Waals surface area contributed by atoms with E-state index in [2.05, 4.69) is 30.0 Å². The van der Waals surface area contributed by atoms with Crippen LogP contribution in [0.2, 0.25) is 0 Å². The van der Waals surface area contributed by atoms with Gasteiger partial charge in [-0.15, -0.1) is 0 Å². The van der Waals surface area contributed by atoms with E-state index in [0.29, 0.717) is 16.4 Å². The van der Waals surface area contributed by atoms with Gasteiger partial charge in [0.1, 0.15) is 6.54 Å². The van der Waals surface area contributed by atoms with Crippen LogP contribution in [0.4, 0.5) is 0 Å². The van der Waals surface area contributed by atoms with Crippen molar-refractivity contribution < 1.29 is 14.3 Å². The average Bonchev–Trinajstić information content (AvgIpc) is 3.22. The molecule has 0 aliphatic heterocycles. The molecule has 0 aliphatic rings. The molecule has 3 aromatic rings. The highest BCUT2D eigenvalue weighted by atomic mass is 32.1. The normalized spacial score (nSPS) is 12.3. The maximum absolute atomic E-state index is 12.8. The molecule has 2 aromatic heterocycles. The van der Waals surface area contributed by atoms with Crippen molar-refractivity contribution >= 4 is 33.4 Å². The van der Waals surface area contributed by atoms with Crippen LogP contribution in [-0.4, -0.2) is 33.3 Å². The summed E-state index contributed by atoms with van der Waals surface area (Å²) in [6, 6.07) is 7.97. The monoisotopic (exact) mass is 414 g/mol. The summed E-state index contributed by atoms with van der Waals surface area (Å²) in [6.07, 6.45) is 0. The van der Waals surface area contributed by atoms with Gasteiger partial charge in [0.25, 0.3) is 5.91 Å². The first-order chi connectivity index (χ1) is 13.7. The molecule has 0 N–H and O–H groups in total. The molecule has 0 spiro atoms. The number of methoxy groups -OCH3 is 1. The van der Waals surface area contributed by atoms with E-state index < -0.39 is 11.9 Å². The lowest BCUT2D eigenvalue weighted by atomic mass is 10.0. The van der Waals surface area contributed by atoms with Crippen molar-refractivity contribution in [3.05, 3.63) is 46.0 Å². The van der Waals surface area contributed by atoms with Gasteiger partial charge in [-0.2, -0.15) is 10.1 Å². The Morgan fingerprint density at radius 2 is 1.93 bits per heavy atom. The lowest BCUT2D eigenvalue weighted by Gasteiger charge is -2.07. The maximum Gasteiger partial charge on any atom is 0.325 e. The lowest BCUT2D eigenvalue weighted by Crippen LogP contribution is -2.22. The van der Waals surface area contributed by atoms with Gasteiger partial charge in [-0.05, 0) is 50.5 Å². The Labute approximate surface area is 173 Å². The molecule has 7 nitrogen and oxygen atoms in total. The van der Waals surface area contributed by atoms with E-state index in [1.807, 2.05) is 32.9 Å². The summed E-state index contributed by atoms with van der Waals surface area (Å²) >= 11 is 1.38. The molecule has 0 aliphatic carbocycles. The molecule has 0 saturated heterocycles. The van der Waals surface area contributed by atoms with Gasteiger partial charge in [0.2, 0.25) is 0 Å². The van der Waals surface area contributed by atoms with E-state index >= 15 is 0 Å². The van der Waals surface area contributed by atoms with Crippen molar-refractivity contribution in [2.75, 3.05) is 7.11 Å². The second kappa shape index (κ2) is 8.32. The molecule has 0 saturated carbocycles. The second-order valence-electron chi connectivity index (χ2n) is 7.56. The number of thiazole rings is 1. The van der Waals surface area contributed by atoms with E-state index in [4.69, 9.17) is 4.74 Å². The number of benzene rings is 1. The average molecular weight is 415 g/mol. The number of hydrogen-bond acceptors (Lipinski definition) is 5. The van der Waals surface area contributed by atoms with E-state index in [0.717, 1.165) is 15.9 Å². The summed E-state index contributed by atoms with van der Waals surface area (Å²) in [4.78, 5) is 29.5. The number of ether oxygens (including phenoxy) is 1. The van der Waals surface area contributed by atoms with Gasteiger partial charge in [0.05, 0.1) is 17.3 Å². The van der Waals surface area contributed by atoms with Crippen molar-refractivity contribution in [2.24, 2.45) is 4.99 Å². The first-order valence-corrected chi connectivity index (χ1v) is 10.4. The van der Waals surface area contributed by atoms with E-state index in [9.17, 15) is 9.59 Å². The Balaban J connectivity index is 2.13. The van der Waals surface area contributed by atoms with Crippen LogP contribution in [0.3, 0.4) is 0 Å². The fourth-order valence-electron chi connectivity index (χ4n) is 3.14. The van der Waals surface area contributed by atoms with E-state index in [1.54, 1.807) is 15.3 Å². The van der Waals surface area contributed by atoms with Gasteiger partial charge in [0.15, 0.2) is 10.5 Å². The minimum Gasteiger partial charge on any atom is -0.468 e. The molecule has 29 heavy (non-hydrogen) atoms. The van der Waals surface area contributed by atoms with Crippen molar-refractivity contribution in [3.8, 4) is 0 Å². The van der Waals surface area contributed by atoms with Crippen LogP contribution in [0.5, 0.6) is 0 Å². The second-order valence-corrected chi connectivity index (χ2v) is 8.56. The molecular weight excluding hydrogens is 388 g/mol. The van der Waals surface area contributed by atoms with Gasteiger partial charge >= 0.3 is 5.97 Å². The number of carbonyl (C=O) groups is 2. The largest absolute Gasteiger partial charge is 0.468 e. The molecule has 0 unspecified atom stereocenters. The first-order valence-electron chi connectivity index (χ1n) is 9.56. The summed E-state index contributed by atoms with van der Waals surface area (Å²) in [7, 11) is 1.34. The van der Waals surface area contributed by atoms with Crippen LogP contribution in [0.15, 0.2) is 29.3 Å². The third kappa shape index (κ3) is 4.32. The van der Waals surface area contributed by atoms with Crippen molar-refractivity contribution in [2.45, 2.75) is 53.1 Å². The van der Waals surface area contributed by atoms with Crippen LogP contribution >= 0.6 is 11.3 Å². The minimum atomic E-state index is -0.429. The Bertz CT molecular complexity index is 1130. The van der Waals surface area contributed by atoms with Crippen LogP contribution < -0.4 is 4.80 Å². The zero-order valence-corrected chi connectivity index (χ0v) is 18.4. The predicted molar refractivity (Wildman–Crippen MR) is 113 cm³/mol. The number of aryl methyl sites for hydroxylation is 1. The van der Waals surface area contributed by atoms with Crippen LogP contribution in [0.25, 0.3) is 10.2 Å². The number of aromatic nitrogens is 3. The van der Waals surface area contributed by atoms with Crippen LogP contribution in [0, 0.1) is 6.92 Å². The third-order valence-corrected chi connectivity index (χ3v) is 5.76. The Kier molecular flexibility index (Phi) is 6.02. The van der Waals surface area contributed by atoms with Gasteiger partial charge in [-0.25, -0.2) is 0 Å². The highest BCUT2D eigenvalue weighted by Gasteiger charge is 2.16. The SMILES string of the molecule is COC(=O)Cn1c(=NC(=O)c2cc(C)n(C(C)C)n2)sc2cc(C(C)C)ccc21. The molecule has 0 atom stereocenters. The number of hydrogen-bond donors (Lipinski definition) is 0. The van der Waals surface area contributed by atoms with Crippen LogP contribution in [0.1, 0.15) is 61.4 Å². The number of nitrogens with zero attached hydrogens (tertiary/aromatic N) is 4. The lowest BCUT2D eigenvalue weighted by molar-refractivity contribution is -0.141. The standard InChI is InChI=1S/C21H26N4O3S/c1-12(2)15-7-8-17-18(10-15)29-21(24(17)11-19(26)28-6)22-20(27)16-9-14(5)25(23-16)13(3)4/h7-10,12-13H,11H2,1-6H3. The number of fused-ring (bicyclic) bond motifs is 1. The minimum absolute atomic E-state index is 0.0108. The summed E-state index contributed by atoms with van der Waals surface area (Å²) < 4.78 is 9.31. The topological polar surface area (TPSA) is 78.5 Å². The summed E-state index contributed by atoms with van der Waals surface area (Å²) in [5.74, 6) is -0.450. The molecule has 2 heterocycles. The number of esters is 1. The van der Waals surface area contributed by atoms with Gasteiger partial charge in [0, 0.05) is 11.7 Å². The molecule has 3 rings (SSSR count). The van der Waals surface area contributed by atoms with Crippen LogP contribution in [-0.2, 0) is 16.1 Å². The number of amides is 1. The summed E-state index contributed by atoms with van der Waals surface area (Å²) in [5, 5.41) is 4.38. The Hall–Kier alpha value is -2.74. The smallest absolute Gasteiger partial charge is 0.325 e. The molecule has 0 fully saturated rings. The molecule has 1 amide bonds. The highest BCUT2D eigenvalue weighted by molar-refractivity contribution is 7.16. The zero-order chi connectivity index (χ0) is 21.3.